The number of benzene rings is 1. The molecule has 1 aromatic rings. The molecule has 3 amide bonds. The van der Waals surface area contributed by atoms with Crippen LogP contribution in [-0.4, -0.2) is 69.9 Å². The molecule has 170 valence electrons. The highest BCUT2D eigenvalue weighted by molar-refractivity contribution is 5.89. The number of rotatable bonds is 5. The van der Waals surface area contributed by atoms with Gasteiger partial charge in [0.1, 0.15) is 11.5 Å². The number of nitrogens with one attached hydrogen (secondary N) is 1. The Balaban J connectivity index is 1.45. The summed E-state index contributed by atoms with van der Waals surface area (Å²) in [5, 5.41) is 12.3. The Morgan fingerprint density at radius 1 is 1.16 bits per heavy atom. The Bertz CT molecular complexity index is 809. The summed E-state index contributed by atoms with van der Waals surface area (Å²) < 4.78 is 5.62. The van der Waals surface area contributed by atoms with Crippen molar-refractivity contribution in [1.82, 2.24) is 15.1 Å². The number of phenols is 1. The SMILES string of the molecule is CC(Oc1ccc(O)cc1)C(=O)NC1CCN(C(=O)C2CC(=O)N(C(C)(C)C)C2)CC1. The summed E-state index contributed by atoms with van der Waals surface area (Å²) in [5.74, 6) is 0.233. The van der Waals surface area contributed by atoms with Gasteiger partial charge in [0, 0.05) is 37.6 Å². The molecule has 0 aromatic heterocycles. The number of nitrogens with zero attached hydrogens (tertiary/aromatic N) is 2. The third-order valence-electron chi connectivity index (χ3n) is 5.96. The van der Waals surface area contributed by atoms with E-state index in [0.29, 0.717) is 38.2 Å². The zero-order valence-electron chi connectivity index (χ0n) is 18.8. The van der Waals surface area contributed by atoms with E-state index in [-0.39, 0.29) is 47.4 Å². The van der Waals surface area contributed by atoms with Gasteiger partial charge >= 0.3 is 0 Å². The van der Waals surface area contributed by atoms with Crippen LogP contribution < -0.4 is 10.1 Å². The van der Waals surface area contributed by atoms with Crippen LogP contribution >= 0.6 is 0 Å². The van der Waals surface area contributed by atoms with Crippen LogP contribution in [0.3, 0.4) is 0 Å². The summed E-state index contributed by atoms with van der Waals surface area (Å²) in [6.45, 7) is 9.24. The van der Waals surface area contributed by atoms with Gasteiger partial charge in [-0.15, -0.1) is 0 Å². The quantitative estimate of drug-likeness (QED) is 0.742. The van der Waals surface area contributed by atoms with Crippen molar-refractivity contribution >= 4 is 17.7 Å². The Kier molecular flexibility index (Phi) is 6.77. The molecule has 3 rings (SSSR count). The van der Waals surface area contributed by atoms with Crippen molar-refractivity contribution < 1.29 is 24.2 Å². The zero-order valence-corrected chi connectivity index (χ0v) is 18.8. The van der Waals surface area contributed by atoms with Crippen LogP contribution in [-0.2, 0) is 14.4 Å². The van der Waals surface area contributed by atoms with Gasteiger partial charge in [-0.05, 0) is 64.8 Å². The van der Waals surface area contributed by atoms with E-state index in [9.17, 15) is 19.5 Å². The van der Waals surface area contributed by atoms with Crippen LogP contribution in [0.2, 0.25) is 0 Å². The van der Waals surface area contributed by atoms with Gasteiger partial charge < -0.3 is 25.0 Å². The molecule has 2 aliphatic heterocycles. The highest BCUT2D eigenvalue weighted by Gasteiger charge is 2.41. The molecule has 2 fully saturated rings. The largest absolute Gasteiger partial charge is 0.508 e. The van der Waals surface area contributed by atoms with Crippen LogP contribution in [0.4, 0.5) is 0 Å². The van der Waals surface area contributed by atoms with Gasteiger partial charge in [0.2, 0.25) is 11.8 Å². The lowest BCUT2D eigenvalue weighted by Crippen LogP contribution is -2.50. The predicted octanol–water partition coefficient (Wildman–Crippen LogP) is 1.91. The monoisotopic (exact) mass is 431 g/mol. The maximum Gasteiger partial charge on any atom is 0.260 e. The van der Waals surface area contributed by atoms with Gasteiger partial charge in [-0.1, -0.05) is 0 Å². The molecule has 2 aliphatic rings. The number of carbonyl (C=O) groups excluding carboxylic acids is 3. The van der Waals surface area contributed by atoms with Gasteiger partial charge in [0.05, 0.1) is 5.92 Å². The Hall–Kier alpha value is -2.77. The molecule has 2 N–H and O–H groups in total. The lowest BCUT2D eigenvalue weighted by molar-refractivity contribution is -0.137. The molecule has 0 bridgehead atoms. The van der Waals surface area contributed by atoms with Crippen LogP contribution in [0.15, 0.2) is 24.3 Å². The van der Waals surface area contributed by atoms with Gasteiger partial charge in [-0.2, -0.15) is 0 Å². The van der Waals surface area contributed by atoms with Crippen molar-refractivity contribution in [1.29, 1.82) is 0 Å². The van der Waals surface area contributed by atoms with E-state index in [1.165, 1.54) is 12.1 Å². The van der Waals surface area contributed by atoms with Crippen molar-refractivity contribution in [2.24, 2.45) is 5.92 Å². The predicted molar refractivity (Wildman–Crippen MR) is 116 cm³/mol. The molecule has 0 saturated carbocycles. The number of ether oxygens (including phenoxy) is 1. The van der Waals surface area contributed by atoms with Crippen molar-refractivity contribution in [3.8, 4) is 11.5 Å². The Morgan fingerprint density at radius 3 is 2.32 bits per heavy atom. The molecular weight excluding hydrogens is 398 g/mol. The van der Waals surface area contributed by atoms with Crippen LogP contribution in [0.1, 0.15) is 47.0 Å². The summed E-state index contributed by atoms with van der Waals surface area (Å²) in [7, 11) is 0. The summed E-state index contributed by atoms with van der Waals surface area (Å²) in [6.07, 6.45) is 0.955. The zero-order chi connectivity index (χ0) is 22.8. The van der Waals surface area contributed by atoms with Crippen LogP contribution in [0.25, 0.3) is 0 Å². The number of hydrogen-bond donors (Lipinski definition) is 2. The maximum atomic E-state index is 12.9. The van der Waals surface area contributed by atoms with E-state index in [4.69, 9.17) is 4.74 Å². The third kappa shape index (κ3) is 5.68. The third-order valence-corrected chi connectivity index (χ3v) is 5.96. The minimum absolute atomic E-state index is 0.0151. The number of likely N-dealkylation sites (tertiary alicyclic amines) is 2. The number of hydrogen-bond acceptors (Lipinski definition) is 5. The fourth-order valence-electron chi connectivity index (χ4n) is 4.12. The molecule has 8 heteroatoms. The van der Waals surface area contributed by atoms with Gasteiger partial charge in [-0.25, -0.2) is 0 Å². The van der Waals surface area contributed by atoms with E-state index in [2.05, 4.69) is 5.32 Å². The van der Waals surface area contributed by atoms with E-state index < -0.39 is 6.10 Å². The molecule has 2 atom stereocenters. The second-order valence-corrected chi connectivity index (χ2v) is 9.44. The number of piperidine rings is 1. The summed E-state index contributed by atoms with van der Waals surface area (Å²) >= 11 is 0. The van der Waals surface area contributed by atoms with E-state index in [0.717, 1.165) is 0 Å². The van der Waals surface area contributed by atoms with Crippen molar-refractivity contribution in [2.75, 3.05) is 19.6 Å². The number of carbonyl (C=O) groups is 3. The van der Waals surface area contributed by atoms with Crippen molar-refractivity contribution in [3.05, 3.63) is 24.3 Å². The lowest BCUT2D eigenvalue weighted by atomic mass is 10.0. The van der Waals surface area contributed by atoms with Crippen LogP contribution in [0.5, 0.6) is 11.5 Å². The standard InChI is InChI=1S/C23H33N3O5/c1-15(31-19-7-5-18(27)6-8-19)21(29)24-17-9-11-25(12-10-17)22(30)16-13-20(28)26(14-16)23(2,3)4/h5-8,15-17,27H,9-14H2,1-4H3,(H,24,29). The van der Waals surface area contributed by atoms with E-state index in [1.807, 2.05) is 25.7 Å². The number of aromatic hydroxyl groups is 1. The molecule has 0 aliphatic carbocycles. The van der Waals surface area contributed by atoms with E-state index in [1.54, 1.807) is 24.0 Å². The topological polar surface area (TPSA) is 99.2 Å². The minimum Gasteiger partial charge on any atom is -0.508 e. The van der Waals surface area contributed by atoms with Gasteiger partial charge in [-0.3, -0.25) is 14.4 Å². The van der Waals surface area contributed by atoms with Crippen LogP contribution in [0, 0.1) is 5.92 Å². The normalized spacial score (nSPS) is 21.2. The second kappa shape index (κ2) is 9.16. The number of phenolic OH excluding ortho intramolecular Hbond substituents is 1. The highest BCUT2D eigenvalue weighted by atomic mass is 16.5. The van der Waals surface area contributed by atoms with Crippen molar-refractivity contribution in [3.63, 3.8) is 0 Å². The first-order chi connectivity index (χ1) is 14.5. The highest BCUT2D eigenvalue weighted by Crippen LogP contribution is 2.28. The molecule has 31 heavy (non-hydrogen) atoms. The van der Waals surface area contributed by atoms with Gasteiger partial charge in [0.15, 0.2) is 6.10 Å². The van der Waals surface area contributed by atoms with E-state index >= 15 is 0 Å². The molecular formula is C23H33N3O5. The average Bonchev–Trinajstić information content (AvgIpc) is 3.12. The molecule has 8 nitrogen and oxygen atoms in total. The Labute approximate surface area is 183 Å². The summed E-state index contributed by atoms with van der Waals surface area (Å²) in [5.41, 5.74) is -0.276. The molecule has 0 radical (unpaired) electrons. The molecule has 1 aromatic carbocycles. The van der Waals surface area contributed by atoms with Crippen molar-refractivity contribution in [2.45, 2.75) is 64.6 Å². The molecule has 2 heterocycles. The minimum atomic E-state index is -0.669. The fraction of sp³-hybridized carbons (Fsp3) is 0.609. The second-order valence-electron chi connectivity index (χ2n) is 9.44. The number of amides is 3. The average molecular weight is 432 g/mol. The maximum absolute atomic E-state index is 12.9. The molecule has 2 unspecified atom stereocenters. The first kappa shape index (κ1) is 22.9. The first-order valence-electron chi connectivity index (χ1n) is 10.9. The molecule has 0 spiro atoms. The Morgan fingerprint density at radius 2 is 1.77 bits per heavy atom. The summed E-state index contributed by atoms with van der Waals surface area (Å²) in [4.78, 5) is 41.3. The fourth-order valence-corrected chi connectivity index (χ4v) is 4.12. The lowest BCUT2D eigenvalue weighted by Gasteiger charge is -2.35. The van der Waals surface area contributed by atoms with Gasteiger partial charge in [0.25, 0.3) is 5.91 Å². The smallest absolute Gasteiger partial charge is 0.260 e. The summed E-state index contributed by atoms with van der Waals surface area (Å²) in [6, 6.07) is 6.21. The molecule has 2 saturated heterocycles. The first-order valence-corrected chi connectivity index (χ1v) is 10.9.